The van der Waals surface area contributed by atoms with Crippen LogP contribution < -0.4 is 5.32 Å². The Morgan fingerprint density at radius 1 is 1.26 bits per heavy atom. The number of thioether (sulfide) groups is 1. The molecule has 0 spiro atoms. The van der Waals surface area contributed by atoms with E-state index < -0.39 is 0 Å². The van der Waals surface area contributed by atoms with E-state index in [4.69, 9.17) is 0 Å². The Balaban J connectivity index is 1.84. The predicted molar refractivity (Wildman–Crippen MR) is 93.8 cm³/mol. The summed E-state index contributed by atoms with van der Waals surface area (Å²) in [6.45, 7) is 6.92. The third kappa shape index (κ3) is 5.10. The Labute approximate surface area is 141 Å². The van der Waals surface area contributed by atoms with Gasteiger partial charge in [0.2, 0.25) is 0 Å². The summed E-state index contributed by atoms with van der Waals surface area (Å²) in [7, 11) is 1.97. The number of nitrogens with one attached hydrogen (secondary N) is 1. The van der Waals surface area contributed by atoms with Gasteiger partial charge < -0.3 is 9.88 Å². The molecule has 124 valence electrons. The second-order valence-electron chi connectivity index (χ2n) is 6.03. The van der Waals surface area contributed by atoms with E-state index in [2.05, 4.69) is 29.4 Å². The number of nitrogens with zero attached hydrogens (tertiary/aromatic N) is 3. The van der Waals surface area contributed by atoms with Crippen LogP contribution in [0.15, 0.2) is 29.4 Å². The van der Waals surface area contributed by atoms with Crippen molar-refractivity contribution < 1.29 is 4.79 Å². The van der Waals surface area contributed by atoms with E-state index in [9.17, 15) is 4.79 Å². The molecule has 0 saturated carbocycles. The molecule has 1 aromatic heterocycles. The zero-order valence-electron chi connectivity index (χ0n) is 14.2. The van der Waals surface area contributed by atoms with Crippen molar-refractivity contribution in [2.75, 3.05) is 12.3 Å². The van der Waals surface area contributed by atoms with Crippen LogP contribution in [0.5, 0.6) is 0 Å². The van der Waals surface area contributed by atoms with Crippen LogP contribution in [0.1, 0.15) is 35.6 Å². The molecule has 1 N–H and O–H groups in total. The first kappa shape index (κ1) is 17.5. The monoisotopic (exact) mass is 332 g/mol. The summed E-state index contributed by atoms with van der Waals surface area (Å²) in [6, 6.07) is 7.56. The van der Waals surface area contributed by atoms with Crippen LogP contribution >= 0.6 is 11.8 Å². The van der Waals surface area contributed by atoms with Gasteiger partial charge in [-0.15, -0.1) is 10.2 Å². The highest BCUT2D eigenvalue weighted by molar-refractivity contribution is 7.99. The minimum atomic E-state index is -0.0541. The lowest BCUT2D eigenvalue weighted by Crippen LogP contribution is -2.26. The van der Waals surface area contributed by atoms with Crippen LogP contribution in [0.4, 0.5) is 0 Å². The first-order chi connectivity index (χ1) is 11.0. The van der Waals surface area contributed by atoms with Gasteiger partial charge in [0, 0.05) is 31.3 Å². The van der Waals surface area contributed by atoms with Gasteiger partial charge in [-0.05, 0) is 25.0 Å². The maximum atomic E-state index is 12.1. The zero-order valence-corrected chi connectivity index (χ0v) is 15.0. The van der Waals surface area contributed by atoms with E-state index in [1.807, 2.05) is 42.8 Å². The number of hydrogen-bond donors (Lipinski definition) is 1. The molecule has 0 radical (unpaired) electrons. The fourth-order valence-electron chi connectivity index (χ4n) is 2.02. The molecule has 0 aliphatic heterocycles. The number of benzene rings is 1. The largest absolute Gasteiger partial charge is 0.352 e. The Kier molecular flexibility index (Phi) is 6.21. The Hall–Kier alpha value is -1.82. The minimum absolute atomic E-state index is 0.0541. The molecule has 2 rings (SSSR count). The number of carbonyl (C=O) groups is 1. The minimum Gasteiger partial charge on any atom is -0.352 e. The molecule has 1 heterocycles. The van der Waals surface area contributed by atoms with E-state index in [-0.39, 0.29) is 5.91 Å². The van der Waals surface area contributed by atoms with E-state index in [0.717, 1.165) is 22.3 Å². The van der Waals surface area contributed by atoms with Crippen LogP contribution in [-0.4, -0.2) is 33.0 Å². The molecule has 2 aromatic rings. The topological polar surface area (TPSA) is 59.8 Å². The van der Waals surface area contributed by atoms with Crippen molar-refractivity contribution >= 4 is 17.7 Å². The summed E-state index contributed by atoms with van der Waals surface area (Å²) in [5.74, 6) is 2.48. The fraction of sp³-hybridized carbons (Fsp3) is 0.471. The standard InChI is InChI=1S/C17H24N4OS/c1-12(2)11-23-17-20-19-15(21(17)4)9-10-18-16(22)14-7-5-13(3)6-8-14/h5-8,12H,9-11H2,1-4H3,(H,18,22). The van der Waals surface area contributed by atoms with Crippen molar-refractivity contribution in [2.24, 2.45) is 13.0 Å². The van der Waals surface area contributed by atoms with Crippen molar-refractivity contribution in [3.05, 3.63) is 41.2 Å². The Morgan fingerprint density at radius 2 is 1.96 bits per heavy atom. The molecule has 0 fully saturated rings. The van der Waals surface area contributed by atoms with E-state index in [1.54, 1.807) is 11.8 Å². The second-order valence-corrected chi connectivity index (χ2v) is 7.02. The summed E-state index contributed by atoms with van der Waals surface area (Å²) in [5.41, 5.74) is 1.83. The van der Waals surface area contributed by atoms with Crippen molar-refractivity contribution in [1.82, 2.24) is 20.1 Å². The summed E-state index contributed by atoms with van der Waals surface area (Å²) in [4.78, 5) is 12.1. The van der Waals surface area contributed by atoms with Crippen LogP contribution in [0.25, 0.3) is 0 Å². The van der Waals surface area contributed by atoms with Crippen LogP contribution in [-0.2, 0) is 13.5 Å². The highest BCUT2D eigenvalue weighted by atomic mass is 32.2. The molecule has 0 unspecified atom stereocenters. The Bertz CT molecular complexity index is 649. The molecular weight excluding hydrogens is 308 g/mol. The number of aromatic nitrogens is 3. The summed E-state index contributed by atoms with van der Waals surface area (Å²) in [5, 5.41) is 12.3. The maximum absolute atomic E-state index is 12.1. The highest BCUT2D eigenvalue weighted by Gasteiger charge is 2.10. The summed E-state index contributed by atoms with van der Waals surface area (Å²) in [6.07, 6.45) is 0.670. The van der Waals surface area contributed by atoms with Gasteiger partial charge in [0.25, 0.3) is 5.91 Å². The molecule has 1 amide bonds. The molecule has 0 aliphatic rings. The third-order valence-corrected chi connectivity index (χ3v) is 4.87. The molecule has 0 aliphatic carbocycles. The molecule has 0 bridgehead atoms. The van der Waals surface area contributed by atoms with Gasteiger partial charge in [0.15, 0.2) is 5.16 Å². The third-order valence-electron chi connectivity index (χ3n) is 3.42. The second kappa shape index (κ2) is 8.15. The zero-order chi connectivity index (χ0) is 16.8. The average Bonchev–Trinajstić information content (AvgIpc) is 2.86. The lowest BCUT2D eigenvalue weighted by atomic mass is 10.1. The van der Waals surface area contributed by atoms with E-state index in [1.165, 1.54) is 0 Å². The predicted octanol–water partition coefficient (Wildman–Crippen LogP) is 2.84. The normalized spacial score (nSPS) is 11.0. The van der Waals surface area contributed by atoms with Gasteiger partial charge in [-0.25, -0.2) is 0 Å². The van der Waals surface area contributed by atoms with Gasteiger partial charge in [-0.2, -0.15) is 0 Å². The van der Waals surface area contributed by atoms with Crippen LogP contribution in [0.3, 0.4) is 0 Å². The summed E-state index contributed by atoms with van der Waals surface area (Å²) >= 11 is 1.72. The molecule has 1 aromatic carbocycles. The number of amides is 1. The van der Waals surface area contributed by atoms with Gasteiger partial charge in [-0.1, -0.05) is 43.3 Å². The quantitative estimate of drug-likeness (QED) is 0.792. The maximum Gasteiger partial charge on any atom is 0.251 e. The molecule has 5 nitrogen and oxygen atoms in total. The number of aryl methyl sites for hydroxylation is 1. The number of rotatable bonds is 7. The molecule has 23 heavy (non-hydrogen) atoms. The summed E-state index contributed by atoms with van der Waals surface area (Å²) < 4.78 is 2.01. The van der Waals surface area contributed by atoms with Crippen molar-refractivity contribution in [3.8, 4) is 0 Å². The fourth-order valence-corrected chi connectivity index (χ4v) is 2.90. The van der Waals surface area contributed by atoms with E-state index >= 15 is 0 Å². The lowest BCUT2D eigenvalue weighted by Gasteiger charge is -2.07. The van der Waals surface area contributed by atoms with E-state index in [0.29, 0.717) is 24.4 Å². The first-order valence-electron chi connectivity index (χ1n) is 7.83. The van der Waals surface area contributed by atoms with Crippen molar-refractivity contribution in [1.29, 1.82) is 0 Å². The SMILES string of the molecule is Cc1ccc(C(=O)NCCc2nnc(SCC(C)C)n2C)cc1. The molecule has 0 atom stereocenters. The number of hydrogen-bond acceptors (Lipinski definition) is 4. The van der Waals surface area contributed by atoms with Gasteiger partial charge in [-0.3, -0.25) is 4.79 Å². The smallest absolute Gasteiger partial charge is 0.251 e. The van der Waals surface area contributed by atoms with Gasteiger partial charge in [0.05, 0.1) is 0 Å². The van der Waals surface area contributed by atoms with Crippen LogP contribution in [0.2, 0.25) is 0 Å². The Morgan fingerprint density at radius 3 is 2.61 bits per heavy atom. The molecule has 0 saturated heterocycles. The number of carbonyl (C=O) groups excluding carboxylic acids is 1. The van der Waals surface area contributed by atoms with Gasteiger partial charge >= 0.3 is 0 Å². The van der Waals surface area contributed by atoms with Crippen LogP contribution in [0, 0.1) is 12.8 Å². The van der Waals surface area contributed by atoms with Crippen molar-refractivity contribution in [2.45, 2.75) is 32.3 Å². The van der Waals surface area contributed by atoms with Gasteiger partial charge in [0.1, 0.15) is 5.82 Å². The lowest BCUT2D eigenvalue weighted by molar-refractivity contribution is 0.0954. The first-order valence-corrected chi connectivity index (χ1v) is 8.82. The molecule has 6 heteroatoms. The molecular formula is C17H24N4OS. The highest BCUT2D eigenvalue weighted by Crippen LogP contribution is 2.18. The average molecular weight is 332 g/mol. The van der Waals surface area contributed by atoms with Crippen molar-refractivity contribution in [3.63, 3.8) is 0 Å².